The topological polar surface area (TPSA) is 240 Å². The molecule has 13 heteroatoms. The highest BCUT2D eigenvalue weighted by atomic mass is 16.4. The van der Waals surface area contributed by atoms with Crippen LogP contribution in [-0.4, -0.2) is 70.5 Å². The van der Waals surface area contributed by atoms with Crippen molar-refractivity contribution in [3.05, 3.63) is 29.8 Å². The van der Waals surface area contributed by atoms with Gasteiger partial charge in [-0.3, -0.25) is 19.2 Å². The number of nitrogens with one attached hydrogen (secondary N) is 3. The van der Waals surface area contributed by atoms with Crippen LogP contribution in [0, 0.1) is 5.92 Å². The Labute approximate surface area is 221 Å². The van der Waals surface area contributed by atoms with E-state index in [0.717, 1.165) is 0 Å². The summed E-state index contributed by atoms with van der Waals surface area (Å²) in [5, 5.41) is 26.6. The molecule has 4 amide bonds. The zero-order valence-electron chi connectivity index (χ0n) is 21.8. The summed E-state index contributed by atoms with van der Waals surface area (Å²) in [6, 6.07) is 1.32. The number of benzene rings is 1. The molecule has 0 aromatic heterocycles. The minimum atomic E-state index is -1.31. The number of aliphatic carboxylic acids is 1. The molecule has 1 aromatic carbocycles. The fraction of sp³-hybridized carbons (Fsp3) is 0.560. The summed E-state index contributed by atoms with van der Waals surface area (Å²) in [6.07, 6.45) is 0.791. The number of rotatable bonds is 17. The first-order chi connectivity index (χ1) is 17.8. The molecule has 0 aliphatic carbocycles. The van der Waals surface area contributed by atoms with Crippen molar-refractivity contribution in [2.24, 2.45) is 23.1 Å². The minimum absolute atomic E-state index is 0.0136. The molecule has 4 unspecified atom stereocenters. The fourth-order valence-electron chi connectivity index (χ4n) is 3.50. The summed E-state index contributed by atoms with van der Waals surface area (Å²) in [5.74, 6) is -4.25. The maximum absolute atomic E-state index is 13.1. The molecular formula is C25H40N6O7. The van der Waals surface area contributed by atoms with E-state index in [1.54, 1.807) is 13.8 Å². The van der Waals surface area contributed by atoms with Crippen LogP contribution in [0.2, 0.25) is 0 Å². The van der Waals surface area contributed by atoms with E-state index in [9.17, 15) is 34.2 Å². The number of amides is 4. The molecule has 13 nitrogen and oxygen atoms in total. The normalized spacial score (nSPS) is 14.1. The van der Waals surface area contributed by atoms with Crippen molar-refractivity contribution >= 4 is 29.6 Å². The van der Waals surface area contributed by atoms with E-state index in [1.807, 2.05) is 0 Å². The van der Waals surface area contributed by atoms with E-state index in [4.69, 9.17) is 17.2 Å². The molecule has 38 heavy (non-hydrogen) atoms. The fourth-order valence-corrected chi connectivity index (χ4v) is 3.50. The van der Waals surface area contributed by atoms with Gasteiger partial charge in [-0.25, -0.2) is 4.79 Å². The Morgan fingerprint density at radius 1 is 0.842 bits per heavy atom. The van der Waals surface area contributed by atoms with E-state index in [2.05, 4.69) is 16.0 Å². The van der Waals surface area contributed by atoms with Gasteiger partial charge in [-0.1, -0.05) is 26.0 Å². The van der Waals surface area contributed by atoms with Gasteiger partial charge in [-0.2, -0.15) is 0 Å². The molecule has 0 radical (unpaired) electrons. The number of aromatic hydroxyl groups is 1. The average molecular weight is 537 g/mol. The van der Waals surface area contributed by atoms with Gasteiger partial charge in [0.2, 0.25) is 23.6 Å². The van der Waals surface area contributed by atoms with Crippen molar-refractivity contribution in [3.63, 3.8) is 0 Å². The second-order valence-corrected chi connectivity index (χ2v) is 9.45. The molecule has 0 saturated carbocycles. The highest BCUT2D eigenvalue weighted by Gasteiger charge is 2.30. The molecule has 0 bridgehead atoms. The van der Waals surface area contributed by atoms with Crippen LogP contribution in [0.5, 0.6) is 5.75 Å². The molecule has 0 heterocycles. The predicted molar refractivity (Wildman–Crippen MR) is 139 cm³/mol. The largest absolute Gasteiger partial charge is 0.508 e. The van der Waals surface area contributed by atoms with E-state index < -0.39 is 53.8 Å². The first-order valence-electron chi connectivity index (χ1n) is 12.5. The van der Waals surface area contributed by atoms with Gasteiger partial charge in [-0.15, -0.1) is 0 Å². The van der Waals surface area contributed by atoms with Crippen LogP contribution in [0.1, 0.15) is 51.5 Å². The molecular weight excluding hydrogens is 496 g/mol. The molecule has 1 rings (SSSR count). The van der Waals surface area contributed by atoms with Gasteiger partial charge in [0.05, 0.1) is 6.04 Å². The molecule has 0 saturated heterocycles. The molecule has 0 fully saturated rings. The van der Waals surface area contributed by atoms with Gasteiger partial charge in [0.1, 0.15) is 23.9 Å². The number of primary amides is 1. The third-order valence-electron chi connectivity index (χ3n) is 5.90. The lowest BCUT2D eigenvalue weighted by atomic mass is 10.0. The van der Waals surface area contributed by atoms with Crippen LogP contribution >= 0.6 is 0 Å². The standard InChI is InChI=1S/C25H40N6O7/c1-14(2)21(28)24(36)30-18(10-11-20(27)33)23(35)29-17(5-3-4-12-26)22(34)31-19(25(37)38)13-15-6-8-16(32)9-7-15/h6-9,14,17-19,21,32H,3-5,10-13,26,28H2,1-2H3,(H2,27,33)(H,29,35)(H,30,36)(H,31,34)(H,37,38). The third-order valence-corrected chi connectivity index (χ3v) is 5.90. The van der Waals surface area contributed by atoms with Crippen molar-refractivity contribution in [1.82, 2.24) is 16.0 Å². The summed E-state index contributed by atoms with van der Waals surface area (Å²) in [7, 11) is 0. The Balaban J connectivity index is 3.05. The second-order valence-electron chi connectivity index (χ2n) is 9.45. The first kappa shape index (κ1) is 32.3. The molecule has 11 N–H and O–H groups in total. The molecule has 0 aliphatic heterocycles. The summed E-state index contributed by atoms with van der Waals surface area (Å²) in [6.45, 7) is 3.82. The van der Waals surface area contributed by atoms with Gasteiger partial charge in [0, 0.05) is 12.8 Å². The lowest BCUT2D eigenvalue weighted by Crippen LogP contribution is -2.57. The molecule has 1 aromatic rings. The average Bonchev–Trinajstić information content (AvgIpc) is 2.85. The number of carbonyl (C=O) groups is 5. The SMILES string of the molecule is CC(C)C(N)C(=O)NC(CCC(N)=O)C(=O)NC(CCCCN)C(=O)NC(Cc1ccc(O)cc1)C(=O)O. The van der Waals surface area contributed by atoms with E-state index >= 15 is 0 Å². The van der Waals surface area contributed by atoms with Gasteiger partial charge < -0.3 is 43.4 Å². The lowest BCUT2D eigenvalue weighted by Gasteiger charge is -2.25. The number of hydrogen-bond donors (Lipinski definition) is 8. The van der Waals surface area contributed by atoms with Crippen LogP contribution in [0.4, 0.5) is 0 Å². The smallest absolute Gasteiger partial charge is 0.326 e. The predicted octanol–water partition coefficient (Wildman–Crippen LogP) is -1.15. The quantitative estimate of drug-likeness (QED) is 0.112. The summed E-state index contributed by atoms with van der Waals surface area (Å²) < 4.78 is 0. The molecule has 212 valence electrons. The number of carboxylic acid groups (broad SMARTS) is 1. The highest BCUT2D eigenvalue weighted by Crippen LogP contribution is 2.12. The number of carbonyl (C=O) groups excluding carboxylic acids is 4. The van der Waals surface area contributed by atoms with Crippen LogP contribution in [-0.2, 0) is 30.4 Å². The zero-order valence-corrected chi connectivity index (χ0v) is 21.8. The van der Waals surface area contributed by atoms with Crippen LogP contribution in [0.3, 0.4) is 0 Å². The van der Waals surface area contributed by atoms with E-state index in [-0.39, 0.29) is 37.4 Å². The number of phenols is 1. The number of unbranched alkanes of at least 4 members (excludes halogenated alkanes) is 1. The van der Waals surface area contributed by atoms with Gasteiger partial charge >= 0.3 is 5.97 Å². The Hall–Kier alpha value is -3.71. The Morgan fingerprint density at radius 3 is 1.87 bits per heavy atom. The zero-order chi connectivity index (χ0) is 28.8. The summed E-state index contributed by atoms with van der Waals surface area (Å²) >= 11 is 0. The highest BCUT2D eigenvalue weighted by molar-refractivity contribution is 5.94. The van der Waals surface area contributed by atoms with E-state index in [1.165, 1.54) is 24.3 Å². The monoisotopic (exact) mass is 536 g/mol. The van der Waals surface area contributed by atoms with Crippen LogP contribution in [0.15, 0.2) is 24.3 Å². The number of phenolic OH excluding ortho intramolecular Hbond substituents is 1. The van der Waals surface area contributed by atoms with Crippen molar-refractivity contribution in [2.45, 2.75) is 76.5 Å². The van der Waals surface area contributed by atoms with Gasteiger partial charge in [0.15, 0.2) is 0 Å². The molecule has 4 atom stereocenters. The first-order valence-corrected chi connectivity index (χ1v) is 12.5. The third kappa shape index (κ3) is 11.6. The molecule has 0 aliphatic rings. The Morgan fingerprint density at radius 2 is 1.37 bits per heavy atom. The summed E-state index contributed by atoms with van der Waals surface area (Å²) in [4.78, 5) is 61.9. The second kappa shape index (κ2) is 16.2. The van der Waals surface area contributed by atoms with Crippen molar-refractivity contribution in [1.29, 1.82) is 0 Å². The maximum Gasteiger partial charge on any atom is 0.326 e. The van der Waals surface area contributed by atoms with E-state index in [0.29, 0.717) is 24.9 Å². The number of hydrogen-bond acceptors (Lipinski definition) is 8. The maximum atomic E-state index is 13.1. The summed E-state index contributed by atoms with van der Waals surface area (Å²) in [5.41, 5.74) is 17.2. The van der Waals surface area contributed by atoms with Gasteiger partial charge in [-0.05, 0) is 55.8 Å². The minimum Gasteiger partial charge on any atom is -0.508 e. The number of nitrogens with two attached hydrogens (primary N) is 3. The Kier molecular flexibility index (Phi) is 13.8. The van der Waals surface area contributed by atoms with Crippen LogP contribution < -0.4 is 33.2 Å². The Bertz CT molecular complexity index is 954. The van der Waals surface area contributed by atoms with Crippen molar-refractivity contribution in [3.8, 4) is 5.75 Å². The lowest BCUT2D eigenvalue weighted by molar-refractivity contribution is -0.142. The van der Waals surface area contributed by atoms with Crippen molar-refractivity contribution in [2.75, 3.05) is 6.54 Å². The molecule has 0 spiro atoms. The van der Waals surface area contributed by atoms with Crippen molar-refractivity contribution < 1.29 is 34.2 Å². The van der Waals surface area contributed by atoms with Crippen LogP contribution in [0.25, 0.3) is 0 Å². The van der Waals surface area contributed by atoms with Gasteiger partial charge in [0.25, 0.3) is 0 Å². The number of carboxylic acids is 1.